The summed E-state index contributed by atoms with van der Waals surface area (Å²) in [4.78, 5) is 63.1. The highest BCUT2D eigenvalue weighted by Crippen LogP contribution is 2.28. The van der Waals surface area contributed by atoms with E-state index >= 15 is 0 Å². The van der Waals surface area contributed by atoms with Gasteiger partial charge in [-0.1, -0.05) is 26.7 Å². The Balaban J connectivity index is 0.000000237. The van der Waals surface area contributed by atoms with E-state index in [2.05, 4.69) is 9.97 Å². The molecule has 0 aliphatic carbocycles. The van der Waals surface area contributed by atoms with Crippen LogP contribution in [0.15, 0.2) is 54.9 Å². The maximum atomic E-state index is 13.4. The lowest BCUT2D eigenvalue weighted by molar-refractivity contribution is -0.137. The molecule has 2 fully saturated rings. The van der Waals surface area contributed by atoms with Gasteiger partial charge in [0.1, 0.15) is 18.2 Å². The highest BCUT2D eigenvalue weighted by Gasteiger charge is 2.39. The average Bonchev–Trinajstić information content (AvgIpc) is 3.55. The Morgan fingerprint density at radius 2 is 1.24 bits per heavy atom. The van der Waals surface area contributed by atoms with Crippen LogP contribution >= 0.6 is 0 Å². The van der Waals surface area contributed by atoms with Gasteiger partial charge in [-0.05, 0) is 42.7 Å². The number of benzene rings is 1. The summed E-state index contributed by atoms with van der Waals surface area (Å²) in [5, 5.41) is 8.96. The number of aliphatic carboxylic acids is 1. The summed E-state index contributed by atoms with van der Waals surface area (Å²) >= 11 is 0. The molecule has 5 rings (SSSR count). The quantitative estimate of drug-likeness (QED) is 0.241. The summed E-state index contributed by atoms with van der Waals surface area (Å²) in [6.45, 7) is 4.57. The summed E-state index contributed by atoms with van der Waals surface area (Å²) in [5.41, 5.74) is 1.52. The number of aromatic nitrogens is 2. The summed E-state index contributed by atoms with van der Waals surface area (Å²) in [7, 11) is 3.03. The molecule has 2 aliphatic rings. The van der Waals surface area contributed by atoms with Crippen molar-refractivity contribution in [1.29, 1.82) is 0 Å². The first-order valence-corrected chi connectivity index (χ1v) is 16.3. The van der Waals surface area contributed by atoms with E-state index in [0.717, 1.165) is 43.9 Å². The number of carboxylic acids is 1. The Hall–Kier alpha value is -5.34. The molecule has 0 bridgehead atoms. The van der Waals surface area contributed by atoms with Gasteiger partial charge in [0.2, 0.25) is 11.8 Å². The monoisotopic (exact) mass is 696 g/mol. The normalized spacial score (nSPS) is 17.2. The second kappa shape index (κ2) is 17.4. The van der Waals surface area contributed by atoms with Crippen molar-refractivity contribution in [2.75, 3.05) is 50.2 Å². The molecule has 1 aromatic carbocycles. The molecule has 268 valence electrons. The van der Waals surface area contributed by atoms with Crippen molar-refractivity contribution in [2.24, 2.45) is 0 Å². The van der Waals surface area contributed by atoms with E-state index in [-0.39, 0.29) is 55.0 Å². The van der Waals surface area contributed by atoms with Gasteiger partial charge in [0.15, 0.2) is 5.78 Å². The molecule has 4 amide bonds. The van der Waals surface area contributed by atoms with Crippen LogP contribution in [0.2, 0.25) is 0 Å². The minimum atomic E-state index is -1.00. The molecular formula is C35H42F2N6O7. The van der Waals surface area contributed by atoms with Gasteiger partial charge in [-0.3, -0.25) is 19.4 Å². The minimum Gasteiger partial charge on any atom is -0.481 e. The average molecular weight is 697 g/mol. The Kier molecular flexibility index (Phi) is 13.0. The first-order chi connectivity index (χ1) is 24.0. The fraction of sp³-hybridized carbons (Fsp3) is 0.429. The third kappa shape index (κ3) is 9.42. The van der Waals surface area contributed by atoms with Gasteiger partial charge in [0.05, 0.1) is 56.6 Å². The van der Waals surface area contributed by atoms with Gasteiger partial charge in [-0.25, -0.2) is 28.3 Å². The standard InChI is InChI=1S/C21H23F2N3O3.C14H19N3O4/c1-3-4-18-12-25(17-5-6-20(29-2)24-11-17)21(28)26(18)13-19(27)9-14-7-15(22)10-16(23)8-14;1-3-4-11-8-16(14(20)17(11)9-13(18)19)10-5-6-12(21-2)15-7-10/h5-8,10-11,18H,3-4,9,12-13H2,1-2H3;5-7,11H,3-4,8-9H2,1-2H3,(H,18,19). The number of carbonyl (C=O) groups is 4. The fourth-order valence-corrected chi connectivity index (χ4v) is 6.02. The number of amides is 4. The Morgan fingerprint density at radius 3 is 1.62 bits per heavy atom. The molecule has 3 aromatic rings. The topological polar surface area (TPSA) is 146 Å². The number of anilines is 2. The number of rotatable bonds is 14. The lowest BCUT2D eigenvalue weighted by atomic mass is 10.1. The molecule has 4 heterocycles. The van der Waals surface area contributed by atoms with E-state index < -0.39 is 17.6 Å². The molecule has 15 heteroatoms. The van der Waals surface area contributed by atoms with Gasteiger partial charge >= 0.3 is 18.0 Å². The maximum Gasteiger partial charge on any atom is 0.325 e. The van der Waals surface area contributed by atoms with Crippen LogP contribution in [0, 0.1) is 11.6 Å². The summed E-state index contributed by atoms with van der Waals surface area (Å²) in [5.74, 6) is -1.82. The zero-order valence-electron chi connectivity index (χ0n) is 28.6. The zero-order chi connectivity index (χ0) is 36.4. The molecular weight excluding hydrogens is 654 g/mol. The second-order valence-corrected chi connectivity index (χ2v) is 11.9. The number of methoxy groups -OCH3 is 2. The van der Waals surface area contributed by atoms with Crippen molar-refractivity contribution >= 4 is 35.2 Å². The molecule has 0 spiro atoms. The number of hydrogen-bond donors (Lipinski definition) is 1. The smallest absolute Gasteiger partial charge is 0.325 e. The molecule has 13 nitrogen and oxygen atoms in total. The fourth-order valence-electron chi connectivity index (χ4n) is 6.02. The molecule has 2 aliphatic heterocycles. The summed E-state index contributed by atoms with van der Waals surface area (Å²) in [6.07, 6.45) is 6.24. The van der Waals surface area contributed by atoms with Gasteiger partial charge in [0, 0.05) is 37.7 Å². The van der Waals surface area contributed by atoms with Crippen LogP contribution < -0.4 is 19.3 Å². The van der Waals surface area contributed by atoms with E-state index in [1.54, 1.807) is 46.5 Å². The predicted octanol–water partition coefficient (Wildman–Crippen LogP) is 5.18. The number of ether oxygens (including phenoxy) is 2. The molecule has 2 unspecified atom stereocenters. The summed E-state index contributed by atoms with van der Waals surface area (Å²) < 4.78 is 36.8. The highest BCUT2D eigenvalue weighted by molar-refractivity contribution is 5.98. The Morgan fingerprint density at radius 1 is 0.780 bits per heavy atom. The van der Waals surface area contributed by atoms with Gasteiger partial charge in [0.25, 0.3) is 0 Å². The molecule has 2 saturated heterocycles. The van der Waals surface area contributed by atoms with Crippen LogP contribution in [-0.2, 0) is 16.0 Å². The number of hydrogen-bond acceptors (Lipinski definition) is 8. The van der Waals surface area contributed by atoms with E-state index in [1.807, 2.05) is 13.8 Å². The van der Waals surface area contributed by atoms with E-state index in [0.29, 0.717) is 36.2 Å². The lowest BCUT2D eigenvalue weighted by Crippen LogP contribution is -2.39. The van der Waals surface area contributed by atoms with E-state index in [4.69, 9.17) is 14.6 Å². The van der Waals surface area contributed by atoms with Crippen molar-refractivity contribution in [3.63, 3.8) is 0 Å². The lowest BCUT2D eigenvalue weighted by Gasteiger charge is -2.22. The highest BCUT2D eigenvalue weighted by atomic mass is 19.1. The van der Waals surface area contributed by atoms with Crippen LogP contribution in [0.25, 0.3) is 0 Å². The number of ketones is 1. The third-order valence-corrected chi connectivity index (χ3v) is 8.32. The number of halogens is 2. The molecule has 1 N–H and O–H groups in total. The molecule has 0 radical (unpaired) electrons. The number of Topliss-reactive ketones (excluding diaryl/α,β-unsaturated/α-hetero) is 1. The first-order valence-electron chi connectivity index (χ1n) is 16.3. The Labute approximate surface area is 289 Å². The van der Waals surface area contributed by atoms with Crippen LogP contribution in [0.4, 0.5) is 29.7 Å². The van der Waals surface area contributed by atoms with Gasteiger partial charge in [-0.15, -0.1) is 0 Å². The van der Waals surface area contributed by atoms with E-state index in [1.165, 1.54) is 24.0 Å². The van der Waals surface area contributed by atoms with Crippen molar-refractivity contribution in [3.05, 3.63) is 72.1 Å². The van der Waals surface area contributed by atoms with Crippen molar-refractivity contribution in [3.8, 4) is 11.8 Å². The molecule has 2 atom stereocenters. The van der Waals surface area contributed by atoms with Crippen LogP contribution in [0.5, 0.6) is 11.8 Å². The SMILES string of the molecule is CCCC1CN(c2ccc(OC)nc2)C(=O)N1CC(=O)Cc1cc(F)cc(F)c1.CCCC1CN(c2ccc(OC)nc2)C(=O)N1CC(=O)O. The minimum absolute atomic E-state index is 0.0827. The molecule has 50 heavy (non-hydrogen) atoms. The molecule has 2 aromatic heterocycles. The Bertz CT molecular complexity index is 1620. The van der Waals surface area contributed by atoms with Crippen LogP contribution in [0.3, 0.4) is 0 Å². The van der Waals surface area contributed by atoms with Crippen LogP contribution in [0.1, 0.15) is 45.1 Å². The largest absolute Gasteiger partial charge is 0.481 e. The van der Waals surface area contributed by atoms with E-state index in [9.17, 15) is 28.0 Å². The number of pyridine rings is 2. The number of urea groups is 2. The number of carboxylic acid groups (broad SMARTS) is 1. The van der Waals surface area contributed by atoms with Crippen molar-refractivity contribution in [2.45, 2.75) is 58.0 Å². The number of nitrogens with zero attached hydrogens (tertiary/aromatic N) is 6. The zero-order valence-corrected chi connectivity index (χ0v) is 28.6. The third-order valence-electron chi connectivity index (χ3n) is 8.32. The van der Waals surface area contributed by atoms with Crippen LogP contribution in [-0.4, -0.2) is 101 Å². The van der Waals surface area contributed by atoms with Crippen molar-refractivity contribution < 1.29 is 42.5 Å². The second-order valence-electron chi connectivity index (χ2n) is 11.9. The first kappa shape index (κ1) is 37.5. The number of carbonyl (C=O) groups excluding carboxylic acids is 3. The summed E-state index contributed by atoms with van der Waals surface area (Å²) in [6, 6.07) is 9.08. The molecule has 0 saturated carbocycles. The van der Waals surface area contributed by atoms with Gasteiger partial charge < -0.3 is 24.4 Å². The van der Waals surface area contributed by atoms with Crippen molar-refractivity contribution in [1.82, 2.24) is 19.8 Å². The predicted molar refractivity (Wildman–Crippen MR) is 181 cm³/mol. The van der Waals surface area contributed by atoms with Gasteiger partial charge in [-0.2, -0.15) is 0 Å². The maximum absolute atomic E-state index is 13.4.